The number of esters is 1. The fourth-order valence-corrected chi connectivity index (χ4v) is 4.44. The van der Waals surface area contributed by atoms with Crippen LogP contribution in [0.2, 0.25) is 0 Å². The highest BCUT2D eigenvalue weighted by Crippen LogP contribution is 2.26. The SMILES string of the molecule is CC(C)[C@H](NC(=O)C[C@@H]1CCC(=O)N1Cc1cccc(F)c1F)C(=O)OC1CCCCC1. The van der Waals surface area contributed by atoms with Crippen molar-refractivity contribution in [1.29, 1.82) is 0 Å². The molecule has 1 saturated heterocycles. The summed E-state index contributed by atoms with van der Waals surface area (Å²) >= 11 is 0. The molecule has 0 radical (unpaired) electrons. The first-order valence-corrected chi connectivity index (χ1v) is 11.5. The summed E-state index contributed by atoms with van der Waals surface area (Å²) in [5.41, 5.74) is 0.0711. The number of ether oxygens (including phenoxy) is 1. The number of amides is 2. The average molecular weight is 451 g/mol. The minimum absolute atomic E-state index is 0.0113. The number of likely N-dealkylation sites (tertiary alicyclic amines) is 1. The van der Waals surface area contributed by atoms with E-state index in [-0.39, 0.29) is 48.8 Å². The summed E-state index contributed by atoms with van der Waals surface area (Å²) in [6.07, 6.45) is 5.49. The summed E-state index contributed by atoms with van der Waals surface area (Å²) < 4.78 is 33.2. The number of halogens is 2. The molecule has 1 aliphatic carbocycles. The summed E-state index contributed by atoms with van der Waals surface area (Å²) in [6.45, 7) is 3.58. The molecular formula is C24H32F2N2O4. The van der Waals surface area contributed by atoms with E-state index in [1.807, 2.05) is 13.8 Å². The number of hydrogen-bond donors (Lipinski definition) is 1. The number of carbonyl (C=O) groups excluding carboxylic acids is 3. The Balaban J connectivity index is 1.60. The van der Waals surface area contributed by atoms with Gasteiger partial charge in [0.2, 0.25) is 11.8 Å². The maximum atomic E-state index is 14.1. The smallest absolute Gasteiger partial charge is 0.329 e. The average Bonchev–Trinajstić information content (AvgIpc) is 3.09. The van der Waals surface area contributed by atoms with Crippen LogP contribution in [0.4, 0.5) is 8.78 Å². The van der Waals surface area contributed by atoms with Gasteiger partial charge >= 0.3 is 5.97 Å². The third-order valence-corrected chi connectivity index (χ3v) is 6.32. The van der Waals surface area contributed by atoms with E-state index in [0.29, 0.717) is 6.42 Å². The lowest BCUT2D eigenvalue weighted by Gasteiger charge is -2.28. The van der Waals surface area contributed by atoms with Crippen molar-refractivity contribution in [2.24, 2.45) is 5.92 Å². The van der Waals surface area contributed by atoms with Crippen LogP contribution in [-0.2, 0) is 25.7 Å². The van der Waals surface area contributed by atoms with Crippen molar-refractivity contribution in [3.63, 3.8) is 0 Å². The highest BCUT2D eigenvalue weighted by Gasteiger charge is 2.35. The van der Waals surface area contributed by atoms with Crippen molar-refractivity contribution in [1.82, 2.24) is 10.2 Å². The molecule has 0 unspecified atom stereocenters. The Bertz CT molecular complexity index is 839. The molecule has 1 aromatic rings. The predicted octanol–water partition coefficient (Wildman–Crippen LogP) is 3.86. The molecule has 1 heterocycles. The Kier molecular flexibility index (Phi) is 8.21. The van der Waals surface area contributed by atoms with E-state index in [4.69, 9.17) is 4.74 Å². The zero-order valence-electron chi connectivity index (χ0n) is 18.7. The van der Waals surface area contributed by atoms with E-state index in [1.165, 1.54) is 17.0 Å². The molecule has 1 aliphatic heterocycles. The van der Waals surface area contributed by atoms with Crippen molar-refractivity contribution in [2.75, 3.05) is 0 Å². The van der Waals surface area contributed by atoms with E-state index < -0.39 is 29.7 Å². The van der Waals surface area contributed by atoms with Crippen LogP contribution in [0, 0.1) is 17.6 Å². The molecule has 2 atom stereocenters. The summed E-state index contributed by atoms with van der Waals surface area (Å²) in [4.78, 5) is 39.2. The van der Waals surface area contributed by atoms with Crippen molar-refractivity contribution < 1.29 is 27.9 Å². The summed E-state index contributed by atoms with van der Waals surface area (Å²) in [7, 11) is 0. The zero-order chi connectivity index (χ0) is 23.3. The number of nitrogens with one attached hydrogen (secondary N) is 1. The fourth-order valence-electron chi connectivity index (χ4n) is 4.44. The molecule has 32 heavy (non-hydrogen) atoms. The zero-order valence-corrected chi connectivity index (χ0v) is 18.7. The van der Waals surface area contributed by atoms with E-state index >= 15 is 0 Å². The number of hydrogen-bond acceptors (Lipinski definition) is 4. The van der Waals surface area contributed by atoms with Gasteiger partial charge in [0.05, 0.1) is 0 Å². The van der Waals surface area contributed by atoms with E-state index in [9.17, 15) is 23.2 Å². The van der Waals surface area contributed by atoms with Crippen LogP contribution >= 0.6 is 0 Å². The van der Waals surface area contributed by atoms with Crippen LogP contribution in [0.1, 0.15) is 70.8 Å². The third kappa shape index (κ3) is 6.04. The molecule has 2 amide bonds. The molecular weight excluding hydrogens is 418 g/mol. The molecule has 176 valence electrons. The number of rotatable bonds is 8. The van der Waals surface area contributed by atoms with Gasteiger partial charge in [0, 0.05) is 31.0 Å². The number of nitrogens with zero attached hydrogens (tertiary/aromatic N) is 1. The first-order valence-electron chi connectivity index (χ1n) is 11.5. The summed E-state index contributed by atoms with van der Waals surface area (Å²) in [6, 6.07) is 2.63. The van der Waals surface area contributed by atoms with E-state index in [1.54, 1.807) is 0 Å². The Morgan fingerprint density at radius 3 is 2.56 bits per heavy atom. The van der Waals surface area contributed by atoms with Gasteiger partial charge < -0.3 is 15.0 Å². The van der Waals surface area contributed by atoms with Gasteiger partial charge in [-0.05, 0) is 44.1 Å². The monoisotopic (exact) mass is 450 g/mol. The van der Waals surface area contributed by atoms with Gasteiger partial charge in [0.25, 0.3) is 0 Å². The minimum Gasteiger partial charge on any atom is -0.461 e. The lowest BCUT2D eigenvalue weighted by Crippen LogP contribution is -2.48. The van der Waals surface area contributed by atoms with Gasteiger partial charge in [0.1, 0.15) is 12.1 Å². The molecule has 2 aliphatic rings. The van der Waals surface area contributed by atoms with Crippen molar-refractivity contribution >= 4 is 17.8 Å². The quantitative estimate of drug-likeness (QED) is 0.611. The second kappa shape index (κ2) is 10.9. The highest BCUT2D eigenvalue weighted by atomic mass is 19.2. The Labute approximate surface area is 187 Å². The van der Waals surface area contributed by atoms with Crippen LogP contribution < -0.4 is 5.32 Å². The van der Waals surface area contributed by atoms with Crippen LogP contribution in [0.25, 0.3) is 0 Å². The molecule has 0 aromatic heterocycles. The predicted molar refractivity (Wildman–Crippen MR) is 114 cm³/mol. The molecule has 1 aromatic carbocycles. The Hall–Kier alpha value is -2.51. The maximum absolute atomic E-state index is 14.1. The molecule has 2 fully saturated rings. The molecule has 0 spiro atoms. The van der Waals surface area contributed by atoms with Crippen LogP contribution in [-0.4, -0.2) is 40.9 Å². The lowest BCUT2D eigenvalue weighted by atomic mass is 9.97. The van der Waals surface area contributed by atoms with Crippen molar-refractivity contribution in [2.45, 2.75) is 89.9 Å². The molecule has 0 bridgehead atoms. The molecule has 6 nitrogen and oxygen atoms in total. The van der Waals surface area contributed by atoms with Gasteiger partial charge in [-0.2, -0.15) is 0 Å². The standard InChI is InChI=1S/C24H32F2N2O4/c1-15(2)23(24(31)32-18-8-4-3-5-9-18)27-20(29)13-17-11-12-21(30)28(17)14-16-7-6-10-19(25)22(16)26/h6-7,10,15,17-18,23H,3-5,8-9,11-14H2,1-2H3,(H,27,29)/t17-,23-/m0/s1. The van der Waals surface area contributed by atoms with E-state index in [0.717, 1.165) is 38.2 Å². The molecule has 3 rings (SSSR count). The summed E-state index contributed by atoms with van der Waals surface area (Å²) in [5, 5.41) is 2.77. The second-order valence-corrected chi connectivity index (χ2v) is 9.12. The Morgan fingerprint density at radius 1 is 1.16 bits per heavy atom. The first-order chi connectivity index (χ1) is 15.3. The first kappa shape index (κ1) is 24.1. The lowest BCUT2D eigenvalue weighted by molar-refractivity contribution is -0.156. The van der Waals surface area contributed by atoms with Crippen LogP contribution in [0.15, 0.2) is 18.2 Å². The van der Waals surface area contributed by atoms with Gasteiger partial charge in [-0.25, -0.2) is 13.6 Å². The van der Waals surface area contributed by atoms with Crippen molar-refractivity contribution in [3.8, 4) is 0 Å². The third-order valence-electron chi connectivity index (χ3n) is 6.32. The van der Waals surface area contributed by atoms with Gasteiger partial charge in [-0.3, -0.25) is 9.59 Å². The molecule has 8 heteroatoms. The molecule has 1 saturated carbocycles. The second-order valence-electron chi connectivity index (χ2n) is 9.12. The normalized spacial score (nSPS) is 20.5. The minimum atomic E-state index is -0.985. The maximum Gasteiger partial charge on any atom is 0.329 e. The van der Waals surface area contributed by atoms with Gasteiger partial charge in [-0.15, -0.1) is 0 Å². The summed E-state index contributed by atoms with van der Waals surface area (Å²) in [5.74, 6) is -3.11. The fraction of sp³-hybridized carbons (Fsp3) is 0.625. The number of carbonyl (C=O) groups is 3. The number of benzene rings is 1. The van der Waals surface area contributed by atoms with Gasteiger partial charge in [-0.1, -0.05) is 32.4 Å². The molecule has 1 N–H and O–H groups in total. The Morgan fingerprint density at radius 2 is 1.88 bits per heavy atom. The topological polar surface area (TPSA) is 75.7 Å². The van der Waals surface area contributed by atoms with E-state index in [2.05, 4.69) is 5.32 Å². The highest BCUT2D eigenvalue weighted by molar-refractivity contribution is 5.86. The van der Waals surface area contributed by atoms with Crippen molar-refractivity contribution in [3.05, 3.63) is 35.4 Å². The van der Waals surface area contributed by atoms with Crippen LogP contribution in [0.5, 0.6) is 0 Å². The largest absolute Gasteiger partial charge is 0.461 e. The van der Waals surface area contributed by atoms with Gasteiger partial charge in [0.15, 0.2) is 11.6 Å². The van der Waals surface area contributed by atoms with Crippen LogP contribution in [0.3, 0.4) is 0 Å².